The maximum atomic E-state index is 14.1. The summed E-state index contributed by atoms with van der Waals surface area (Å²) in [5, 5.41) is 10.8. The number of H-pyrrole nitrogens is 1. The third-order valence-corrected chi connectivity index (χ3v) is 10.8. The number of imidazole rings is 1. The molecule has 3 aromatic carbocycles. The lowest BCUT2D eigenvalue weighted by Crippen LogP contribution is -2.45. The van der Waals surface area contributed by atoms with Gasteiger partial charge in [0.1, 0.15) is 17.4 Å². The first-order valence-electron chi connectivity index (χ1n) is 16.7. The summed E-state index contributed by atoms with van der Waals surface area (Å²) in [5.41, 5.74) is 2.21. The van der Waals surface area contributed by atoms with Crippen molar-refractivity contribution in [2.45, 2.75) is 83.4 Å². The molecule has 4 aromatic rings. The number of carbonyl (C=O) groups excluding carboxylic acids is 1. The topological polar surface area (TPSA) is 75.2 Å². The van der Waals surface area contributed by atoms with Gasteiger partial charge in [-0.2, -0.15) is 13.2 Å². The lowest BCUT2D eigenvalue weighted by atomic mass is 9.75. The van der Waals surface area contributed by atoms with Crippen LogP contribution in [-0.2, 0) is 11.2 Å². The van der Waals surface area contributed by atoms with Gasteiger partial charge < -0.3 is 14.8 Å². The number of halogens is 5. The molecule has 256 valence electrons. The van der Waals surface area contributed by atoms with Gasteiger partial charge in [0.2, 0.25) is 0 Å². The SMILES string of the molecule is Cc1nc2ccc(-c3ccc4c(c3)CC(C)C(CC(=O)C(C)C3CCC(O)(C(F)(F)F)CC(c5ccc(F)c(F)c5)C3)CCO4)cc2[nH]1. The Hall–Kier alpha value is -3.79. The number of hydrogen-bond acceptors (Lipinski definition) is 4. The van der Waals surface area contributed by atoms with Gasteiger partial charge in [0, 0.05) is 12.3 Å². The number of aliphatic hydroxyl groups is 1. The van der Waals surface area contributed by atoms with E-state index in [0.29, 0.717) is 19.4 Å². The molecule has 1 aromatic heterocycles. The second-order valence-electron chi connectivity index (χ2n) is 14.1. The Kier molecular flexibility index (Phi) is 9.41. The van der Waals surface area contributed by atoms with Crippen molar-refractivity contribution in [1.82, 2.24) is 9.97 Å². The van der Waals surface area contributed by atoms with Gasteiger partial charge in [0.05, 0.1) is 17.6 Å². The molecule has 2 N–H and O–H groups in total. The van der Waals surface area contributed by atoms with E-state index in [1.807, 2.05) is 31.2 Å². The Bertz CT molecular complexity index is 1800. The quantitative estimate of drug-likeness (QED) is 0.159. The van der Waals surface area contributed by atoms with Crippen LogP contribution in [0.3, 0.4) is 0 Å². The average molecular weight is 669 g/mol. The third kappa shape index (κ3) is 7.00. The highest BCUT2D eigenvalue weighted by Gasteiger charge is 2.56. The standard InChI is InChI=1S/C38H41F5N2O3/c1-21-14-29-16-26(28-5-8-33-34(18-28)45-23(3)44-33)6-9-36(29)48-13-11-24(21)19-35(46)22(2)25-10-12-37(47,38(41,42)43)20-30(15-25)27-4-7-31(39)32(40)17-27/h4-9,16-18,21-22,24-25,30,47H,10-15,19-20H2,1-3H3,(H,44,45). The molecule has 6 rings (SSSR count). The van der Waals surface area contributed by atoms with Crippen molar-refractivity contribution in [2.75, 3.05) is 6.61 Å². The highest BCUT2D eigenvalue weighted by molar-refractivity contribution is 5.82. The number of aryl methyl sites for hydroxylation is 1. The minimum absolute atomic E-state index is 0.000881. The van der Waals surface area contributed by atoms with Crippen molar-refractivity contribution in [3.63, 3.8) is 0 Å². The zero-order chi connectivity index (χ0) is 34.4. The van der Waals surface area contributed by atoms with Crippen LogP contribution in [0.5, 0.6) is 5.75 Å². The fourth-order valence-corrected chi connectivity index (χ4v) is 7.74. The molecule has 6 atom stereocenters. The molecule has 48 heavy (non-hydrogen) atoms. The summed E-state index contributed by atoms with van der Waals surface area (Å²) in [6.45, 7) is 6.22. The molecule has 2 heterocycles. The lowest BCUT2D eigenvalue weighted by Gasteiger charge is -2.31. The zero-order valence-electron chi connectivity index (χ0n) is 27.3. The highest BCUT2D eigenvalue weighted by atomic mass is 19.4. The molecule has 2 aliphatic rings. The van der Waals surface area contributed by atoms with E-state index in [4.69, 9.17) is 4.74 Å². The lowest BCUT2D eigenvalue weighted by molar-refractivity contribution is -0.265. The second kappa shape index (κ2) is 13.3. The highest BCUT2D eigenvalue weighted by Crippen LogP contribution is 2.49. The number of fused-ring (bicyclic) bond motifs is 2. The van der Waals surface area contributed by atoms with Crippen molar-refractivity contribution in [2.24, 2.45) is 23.7 Å². The molecule has 5 nitrogen and oxygen atoms in total. The normalized spacial score (nSPS) is 25.8. The van der Waals surface area contributed by atoms with Crippen molar-refractivity contribution < 1.29 is 36.6 Å². The van der Waals surface area contributed by atoms with Crippen molar-refractivity contribution in [3.05, 3.63) is 83.2 Å². The molecule has 1 fully saturated rings. The van der Waals surface area contributed by atoms with Crippen LogP contribution in [0.25, 0.3) is 22.2 Å². The predicted molar refractivity (Wildman–Crippen MR) is 174 cm³/mol. The Labute approximate surface area is 276 Å². The molecule has 0 amide bonds. The number of nitrogens with zero attached hydrogens (tertiary/aromatic N) is 1. The molecule has 0 bridgehead atoms. The minimum atomic E-state index is -4.90. The van der Waals surface area contributed by atoms with Gasteiger partial charge in [0.15, 0.2) is 17.2 Å². The summed E-state index contributed by atoms with van der Waals surface area (Å²) in [6.07, 6.45) is -4.38. The van der Waals surface area contributed by atoms with E-state index < -0.39 is 54.0 Å². The molecule has 10 heteroatoms. The summed E-state index contributed by atoms with van der Waals surface area (Å²) in [5.74, 6) is -2.43. The fraction of sp³-hybridized carbons (Fsp3) is 0.474. The molecule has 0 saturated heterocycles. The summed E-state index contributed by atoms with van der Waals surface area (Å²) >= 11 is 0. The number of alkyl halides is 3. The van der Waals surface area contributed by atoms with E-state index >= 15 is 0 Å². The monoisotopic (exact) mass is 668 g/mol. The first kappa shape index (κ1) is 34.1. The molecule has 1 aliphatic heterocycles. The van der Waals surface area contributed by atoms with Crippen molar-refractivity contribution in [3.8, 4) is 16.9 Å². The summed E-state index contributed by atoms with van der Waals surface area (Å²) in [7, 11) is 0. The van der Waals surface area contributed by atoms with Crippen LogP contribution in [0, 0.1) is 42.2 Å². The zero-order valence-corrected chi connectivity index (χ0v) is 27.3. The molecular weight excluding hydrogens is 627 g/mol. The van der Waals surface area contributed by atoms with Gasteiger partial charge in [-0.15, -0.1) is 0 Å². The molecule has 0 radical (unpaired) electrons. The van der Waals surface area contributed by atoms with E-state index in [1.165, 1.54) is 6.07 Å². The van der Waals surface area contributed by atoms with Crippen molar-refractivity contribution >= 4 is 16.8 Å². The van der Waals surface area contributed by atoms with Crippen LogP contribution in [0.15, 0.2) is 54.6 Å². The van der Waals surface area contributed by atoms with Gasteiger partial charge in [-0.3, -0.25) is 4.79 Å². The average Bonchev–Trinajstić information content (AvgIpc) is 3.30. The summed E-state index contributed by atoms with van der Waals surface area (Å²) < 4.78 is 76.2. The van der Waals surface area contributed by atoms with E-state index in [9.17, 15) is 31.9 Å². The van der Waals surface area contributed by atoms with Gasteiger partial charge >= 0.3 is 6.18 Å². The first-order valence-corrected chi connectivity index (χ1v) is 16.7. The molecule has 6 unspecified atom stereocenters. The van der Waals surface area contributed by atoms with E-state index in [-0.39, 0.29) is 42.4 Å². The Balaban J connectivity index is 1.17. The number of benzene rings is 3. The first-order chi connectivity index (χ1) is 22.7. The largest absolute Gasteiger partial charge is 0.493 e. The molecular formula is C38H41F5N2O3. The Morgan fingerprint density at radius 1 is 1.06 bits per heavy atom. The number of aromatic nitrogens is 2. The van der Waals surface area contributed by atoms with Crippen LogP contribution >= 0.6 is 0 Å². The summed E-state index contributed by atoms with van der Waals surface area (Å²) in [4.78, 5) is 21.6. The second-order valence-corrected chi connectivity index (χ2v) is 14.1. The number of rotatable bonds is 6. The van der Waals surface area contributed by atoms with E-state index in [0.717, 1.165) is 51.4 Å². The number of carbonyl (C=O) groups is 1. The van der Waals surface area contributed by atoms with E-state index in [2.05, 4.69) is 29.0 Å². The summed E-state index contributed by atoms with van der Waals surface area (Å²) in [6, 6.07) is 15.3. The molecule has 1 aliphatic carbocycles. The number of nitrogens with one attached hydrogen (secondary N) is 1. The maximum absolute atomic E-state index is 14.1. The van der Waals surface area contributed by atoms with Crippen molar-refractivity contribution in [1.29, 1.82) is 0 Å². The maximum Gasteiger partial charge on any atom is 0.417 e. The van der Waals surface area contributed by atoms with Gasteiger partial charge in [0.25, 0.3) is 0 Å². The number of Topliss-reactive ketones (excluding diaryl/α,β-unsaturated/α-hetero) is 1. The van der Waals surface area contributed by atoms with Gasteiger partial charge in [-0.25, -0.2) is 13.8 Å². The fourth-order valence-electron chi connectivity index (χ4n) is 7.74. The number of ether oxygens (including phenoxy) is 1. The Morgan fingerprint density at radius 2 is 1.81 bits per heavy atom. The Morgan fingerprint density at radius 3 is 2.56 bits per heavy atom. The number of ketones is 1. The molecule has 1 saturated carbocycles. The third-order valence-electron chi connectivity index (χ3n) is 10.8. The van der Waals surface area contributed by atoms with Crippen LogP contribution in [0.2, 0.25) is 0 Å². The van der Waals surface area contributed by atoms with Crippen LogP contribution < -0.4 is 4.74 Å². The van der Waals surface area contributed by atoms with Gasteiger partial charge in [-0.05, 0) is 128 Å². The molecule has 0 spiro atoms. The van der Waals surface area contributed by atoms with Gasteiger partial charge in [-0.1, -0.05) is 32.0 Å². The predicted octanol–water partition coefficient (Wildman–Crippen LogP) is 9.26. The number of aromatic amines is 1. The van der Waals surface area contributed by atoms with Crippen LogP contribution in [0.1, 0.15) is 75.2 Å². The smallest absolute Gasteiger partial charge is 0.417 e. The number of hydrogen-bond donors (Lipinski definition) is 2. The van der Waals surface area contributed by atoms with Crippen LogP contribution in [-0.4, -0.2) is 39.2 Å². The van der Waals surface area contributed by atoms with Crippen LogP contribution in [0.4, 0.5) is 22.0 Å². The minimum Gasteiger partial charge on any atom is -0.493 e. The van der Waals surface area contributed by atoms with E-state index in [1.54, 1.807) is 6.92 Å².